The van der Waals surface area contributed by atoms with Gasteiger partial charge in [0.25, 0.3) is 5.91 Å². The zero-order valence-electron chi connectivity index (χ0n) is 11.4. The number of amides is 2. The number of hydrogen-bond donors (Lipinski definition) is 1. The van der Waals surface area contributed by atoms with Gasteiger partial charge in [-0.05, 0) is 25.0 Å². The van der Waals surface area contributed by atoms with E-state index >= 15 is 0 Å². The Morgan fingerprint density at radius 3 is 2.33 bits per heavy atom. The highest BCUT2D eigenvalue weighted by Gasteiger charge is 2.43. The lowest BCUT2D eigenvalue weighted by Crippen LogP contribution is -2.41. The van der Waals surface area contributed by atoms with E-state index in [0.717, 1.165) is 25.7 Å². The van der Waals surface area contributed by atoms with E-state index in [1.807, 2.05) is 0 Å². The Morgan fingerprint density at radius 1 is 1.10 bits per heavy atom. The molecule has 1 aromatic rings. The Hall–Kier alpha value is -1.26. The highest BCUT2D eigenvalue weighted by atomic mass is 35.5. The van der Waals surface area contributed by atoms with Crippen molar-refractivity contribution in [3.8, 4) is 0 Å². The second kappa shape index (κ2) is 5.85. The molecule has 112 valence electrons. The minimum atomic E-state index is -0.574. The molecule has 0 bridgehead atoms. The molecule has 6 heteroatoms. The highest BCUT2D eigenvalue weighted by Crippen LogP contribution is 2.33. The van der Waals surface area contributed by atoms with Crippen LogP contribution in [0.25, 0.3) is 0 Å². The normalized spacial score (nSPS) is 23.1. The summed E-state index contributed by atoms with van der Waals surface area (Å²) in [5.41, 5.74) is 0.514. The molecule has 1 N–H and O–H groups in total. The number of halogens is 2. The summed E-state index contributed by atoms with van der Waals surface area (Å²) >= 11 is 12.2. The standard InChI is InChI=1S/C15H16Cl2N2O2/c16-10-6-3-7-11(17)14(10)18-12-8-13(20)19(15(12)21)9-4-1-2-5-9/h3,6-7,9,12,18H,1-2,4-5,8H2. The third-order valence-corrected chi connectivity index (χ3v) is 4.78. The lowest BCUT2D eigenvalue weighted by Gasteiger charge is -2.22. The van der Waals surface area contributed by atoms with Crippen LogP contribution in [0.4, 0.5) is 5.69 Å². The van der Waals surface area contributed by atoms with Crippen molar-refractivity contribution in [3.05, 3.63) is 28.2 Å². The van der Waals surface area contributed by atoms with E-state index in [4.69, 9.17) is 23.2 Å². The van der Waals surface area contributed by atoms with E-state index < -0.39 is 6.04 Å². The van der Waals surface area contributed by atoms with Crippen molar-refractivity contribution in [1.29, 1.82) is 0 Å². The molecule has 2 aliphatic rings. The maximum absolute atomic E-state index is 12.5. The molecular formula is C15H16Cl2N2O2. The second-order valence-corrected chi connectivity index (χ2v) is 6.35. The number of carbonyl (C=O) groups excluding carboxylic acids is 2. The van der Waals surface area contributed by atoms with Crippen LogP contribution in [-0.4, -0.2) is 28.8 Å². The van der Waals surface area contributed by atoms with Crippen LogP contribution in [0.3, 0.4) is 0 Å². The molecule has 4 nitrogen and oxygen atoms in total. The third-order valence-electron chi connectivity index (χ3n) is 4.15. The zero-order valence-corrected chi connectivity index (χ0v) is 13.0. The Kier molecular flexibility index (Phi) is 4.09. The molecule has 0 aromatic heterocycles. The number of rotatable bonds is 3. The van der Waals surface area contributed by atoms with Crippen LogP contribution >= 0.6 is 23.2 Å². The predicted molar refractivity (Wildman–Crippen MR) is 82.6 cm³/mol. The molecule has 2 fully saturated rings. The molecule has 1 aliphatic carbocycles. The first-order valence-corrected chi connectivity index (χ1v) is 7.90. The molecule has 1 atom stereocenters. The molecule has 1 unspecified atom stereocenters. The van der Waals surface area contributed by atoms with Gasteiger partial charge in [-0.2, -0.15) is 0 Å². The van der Waals surface area contributed by atoms with Gasteiger partial charge in [-0.15, -0.1) is 0 Å². The van der Waals surface area contributed by atoms with Crippen LogP contribution in [0, 0.1) is 0 Å². The topological polar surface area (TPSA) is 49.4 Å². The molecule has 0 radical (unpaired) electrons. The van der Waals surface area contributed by atoms with Crippen LogP contribution in [-0.2, 0) is 9.59 Å². The van der Waals surface area contributed by atoms with Gasteiger partial charge >= 0.3 is 0 Å². The summed E-state index contributed by atoms with van der Waals surface area (Å²) < 4.78 is 0. The van der Waals surface area contributed by atoms with Crippen molar-refractivity contribution in [3.63, 3.8) is 0 Å². The van der Waals surface area contributed by atoms with Crippen LogP contribution in [0.15, 0.2) is 18.2 Å². The van der Waals surface area contributed by atoms with E-state index in [0.29, 0.717) is 15.7 Å². The molecule has 21 heavy (non-hydrogen) atoms. The van der Waals surface area contributed by atoms with Crippen molar-refractivity contribution < 1.29 is 9.59 Å². The number of anilines is 1. The maximum atomic E-state index is 12.5. The van der Waals surface area contributed by atoms with Crippen molar-refractivity contribution in [1.82, 2.24) is 4.90 Å². The van der Waals surface area contributed by atoms with Crippen LogP contribution in [0.1, 0.15) is 32.1 Å². The van der Waals surface area contributed by atoms with Crippen molar-refractivity contribution in [2.45, 2.75) is 44.2 Å². The summed E-state index contributed by atoms with van der Waals surface area (Å²) in [6.07, 6.45) is 4.15. The monoisotopic (exact) mass is 326 g/mol. The van der Waals surface area contributed by atoms with Crippen LogP contribution < -0.4 is 5.32 Å². The highest BCUT2D eigenvalue weighted by molar-refractivity contribution is 6.39. The molecule has 1 saturated carbocycles. The number of benzene rings is 1. The van der Waals surface area contributed by atoms with E-state index in [-0.39, 0.29) is 24.3 Å². The van der Waals surface area contributed by atoms with Gasteiger partial charge in [-0.1, -0.05) is 42.1 Å². The zero-order chi connectivity index (χ0) is 15.0. The first kappa shape index (κ1) is 14.7. The number of hydrogen-bond acceptors (Lipinski definition) is 3. The average molecular weight is 327 g/mol. The van der Waals surface area contributed by atoms with Gasteiger partial charge in [0.05, 0.1) is 22.2 Å². The average Bonchev–Trinajstić information content (AvgIpc) is 3.03. The minimum absolute atomic E-state index is 0.0681. The summed E-state index contributed by atoms with van der Waals surface area (Å²) in [7, 11) is 0. The fraction of sp³-hybridized carbons (Fsp3) is 0.467. The minimum Gasteiger partial charge on any atom is -0.371 e. The van der Waals surface area contributed by atoms with Gasteiger partial charge in [0.1, 0.15) is 6.04 Å². The number of likely N-dealkylation sites (tertiary alicyclic amines) is 1. The number of nitrogens with zero attached hydrogens (tertiary/aromatic N) is 1. The summed E-state index contributed by atoms with van der Waals surface area (Å²) in [5.74, 6) is -0.268. The first-order chi connectivity index (χ1) is 10.1. The molecule has 2 amide bonds. The van der Waals surface area contributed by atoms with Gasteiger partial charge < -0.3 is 5.32 Å². The molecule has 1 heterocycles. The second-order valence-electron chi connectivity index (χ2n) is 5.54. The Balaban J connectivity index is 1.78. The predicted octanol–water partition coefficient (Wildman–Crippen LogP) is 3.48. The smallest absolute Gasteiger partial charge is 0.252 e. The summed E-state index contributed by atoms with van der Waals surface area (Å²) in [6.45, 7) is 0. The molecule has 1 aliphatic heterocycles. The third kappa shape index (κ3) is 2.74. The van der Waals surface area contributed by atoms with Gasteiger partial charge in [0.2, 0.25) is 5.91 Å². The first-order valence-electron chi connectivity index (χ1n) is 7.14. The van der Waals surface area contributed by atoms with Crippen molar-refractivity contribution in [2.24, 2.45) is 0 Å². The molecular weight excluding hydrogens is 311 g/mol. The van der Waals surface area contributed by atoms with E-state index in [1.54, 1.807) is 18.2 Å². The summed E-state index contributed by atoms with van der Waals surface area (Å²) in [4.78, 5) is 26.1. The fourth-order valence-corrected chi connectivity index (χ4v) is 3.63. The molecule has 1 aromatic carbocycles. The Labute approximate surface area is 133 Å². The van der Waals surface area contributed by atoms with E-state index in [1.165, 1.54) is 4.90 Å². The quantitative estimate of drug-likeness (QED) is 0.865. The Morgan fingerprint density at radius 2 is 1.71 bits per heavy atom. The van der Waals surface area contributed by atoms with Gasteiger partial charge in [0.15, 0.2) is 0 Å². The Bertz CT molecular complexity index is 565. The van der Waals surface area contributed by atoms with Crippen molar-refractivity contribution >= 4 is 40.7 Å². The van der Waals surface area contributed by atoms with Gasteiger partial charge in [-0.25, -0.2) is 0 Å². The van der Waals surface area contributed by atoms with Crippen LogP contribution in [0.5, 0.6) is 0 Å². The summed E-state index contributed by atoms with van der Waals surface area (Å²) in [6, 6.07) is 4.63. The SMILES string of the molecule is O=C1CC(Nc2c(Cl)cccc2Cl)C(=O)N1C1CCCC1. The van der Waals surface area contributed by atoms with Gasteiger partial charge in [-0.3, -0.25) is 14.5 Å². The molecule has 1 saturated heterocycles. The fourth-order valence-electron chi connectivity index (χ4n) is 3.12. The maximum Gasteiger partial charge on any atom is 0.252 e. The number of nitrogens with one attached hydrogen (secondary N) is 1. The number of imide groups is 1. The molecule has 0 spiro atoms. The lowest BCUT2D eigenvalue weighted by molar-refractivity contribution is -0.141. The van der Waals surface area contributed by atoms with E-state index in [2.05, 4.69) is 5.32 Å². The van der Waals surface area contributed by atoms with Crippen LogP contribution in [0.2, 0.25) is 10.0 Å². The largest absolute Gasteiger partial charge is 0.371 e. The number of carbonyl (C=O) groups is 2. The molecule has 3 rings (SSSR count). The van der Waals surface area contributed by atoms with Gasteiger partial charge in [0, 0.05) is 6.04 Å². The van der Waals surface area contributed by atoms with Crippen molar-refractivity contribution in [2.75, 3.05) is 5.32 Å². The van der Waals surface area contributed by atoms with E-state index in [9.17, 15) is 9.59 Å². The summed E-state index contributed by atoms with van der Waals surface area (Å²) in [5, 5.41) is 3.93. The number of para-hydroxylation sites is 1. The lowest BCUT2D eigenvalue weighted by atomic mass is 10.2.